The number of amides is 2. The molecule has 1 aliphatic heterocycles. The SMILES string of the molecule is C[C@@H]1C(=O)NCCN1C(=O)c1cccc(-c2ccc(OC(F)F)cc2)c1. The molecule has 2 aromatic carbocycles. The molecule has 0 spiro atoms. The van der Waals surface area contributed by atoms with Crippen molar-refractivity contribution in [2.24, 2.45) is 0 Å². The number of nitrogens with one attached hydrogen (secondary N) is 1. The lowest BCUT2D eigenvalue weighted by atomic mass is 10.0. The first-order chi connectivity index (χ1) is 12.5. The molecule has 1 saturated heterocycles. The van der Waals surface area contributed by atoms with E-state index in [1.165, 1.54) is 17.0 Å². The van der Waals surface area contributed by atoms with Gasteiger partial charge in [0, 0.05) is 18.7 Å². The topological polar surface area (TPSA) is 58.6 Å². The Morgan fingerprint density at radius 3 is 2.62 bits per heavy atom. The Balaban J connectivity index is 1.81. The van der Waals surface area contributed by atoms with Crippen molar-refractivity contribution >= 4 is 11.8 Å². The van der Waals surface area contributed by atoms with Gasteiger partial charge >= 0.3 is 6.61 Å². The molecule has 1 heterocycles. The van der Waals surface area contributed by atoms with Gasteiger partial charge in [0.2, 0.25) is 5.91 Å². The molecule has 0 saturated carbocycles. The maximum absolute atomic E-state index is 12.8. The number of hydrogen-bond donors (Lipinski definition) is 1. The van der Waals surface area contributed by atoms with E-state index in [4.69, 9.17) is 0 Å². The molecule has 2 aromatic rings. The molecule has 136 valence electrons. The van der Waals surface area contributed by atoms with Gasteiger partial charge in [0.15, 0.2) is 0 Å². The van der Waals surface area contributed by atoms with Crippen LogP contribution in [0.15, 0.2) is 48.5 Å². The van der Waals surface area contributed by atoms with E-state index < -0.39 is 12.7 Å². The first-order valence-electron chi connectivity index (χ1n) is 8.19. The van der Waals surface area contributed by atoms with Crippen LogP contribution in [0.25, 0.3) is 11.1 Å². The fraction of sp³-hybridized carbons (Fsp3) is 0.263. The standard InChI is InChI=1S/C19H18F2N2O3/c1-12-17(24)22-9-10-23(12)18(25)15-4-2-3-14(11-15)13-5-7-16(8-6-13)26-19(20)21/h2-8,11-12,19H,9-10H2,1H3,(H,22,24)/t12-/m1/s1. The van der Waals surface area contributed by atoms with Gasteiger partial charge in [-0.05, 0) is 42.3 Å². The summed E-state index contributed by atoms with van der Waals surface area (Å²) < 4.78 is 28.8. The number of halogens is 2. The number of nitrogens with zero attached hydrogens (tertiary/aromatic N) is 1. The van der Waals surface area contributed by atoms with Crippen molar-refractivity contribution in [3.63, 3.8) is 0 Å². The normalized spacial score (nSPS) is 17.2. The van der Waals surface area contributed by atoms with E-state index in [9.17, 15) is 18.4 Å². The minimum Gasteiger partial charge on any atom is -0.435 e. The summed E-state index contributed by atoms with van der Waals surface area (Å²) in [6, 6.07) is 12.7. The Kier molecular flexibility index (Phi) is 5.16. The van der Waals surface area contributed by atoms with Gasteiger partial charge in [-0.25, -0.2) is 0 Å². The van der Waals surface area contributed by atoms with Crippen LogP contribution in [0.5, 0.6) is 5.75 Å². The zero-order valence-electron chi connectivity index (χ0n) is 14.1. The second-order valence-electron chi connectivity index (χ2n) is 5.95. The van der Waals surface area contributed by atoms with Gasteiger partial charge in [0.1, 0.15) is 11.8 Å². The molecular formula is C19H18F2N2O3. The summed E-state index contributed by atoms with van der Waals surface area (Å²) in [7, 11) is 0. The molecule has 0 aromatic heterocycles. The average Bonchev–Trinajstić information content (AvgIpc) is 2.64. The highest BCUT2D eigenvalue weighted by molar-refractivity contribution is 5.99. The molecule has 0 aliphatic carbocycles. The summed E-state index contributed by atoms with van der Waals surface area (Å²) in [4.78, 5) is 26.1. The van der Waals surface area contributed by atoms with Gasteiger partial charge in [-0.1, -0.05) is 24.3 Å². The van der Waals surface area contributed by atoms with Gasteiger partial charge in [-0.2, -0.15) is 8.78 Å². The third-order valence-corrected chi connectivity index (χ3v) is 4.28. The Morgan fingerprint density at radius 2 is 1.92 bits per heavy atom. The van der Waals surface area contributed by atoms with E-state index in [1.54, 1.807) is 37.3 Å². The van der Waals surface area contributed by atoms with Crippen LogP contribution >= 0.6 is 0 Å². The van der Waals surface area contributed by atoms with E-state index >= 15 is 0 Å². The largest absolute Gasteiger partial charge is 0.435 e. The van der Waals surface area contributed by atoms with Crippen LogP contribution in [-0.4, -0.2) is 42.5 Å². The van der Waals surface area contributed by atoms with Crippen LogP contribution < -0.4 is 10.1 Å². The molecule has 1 fully saturated rings. The maximum atomic E-state index is 12.8. The molecule has 1 N–H and O–H groups in total. The molecule has 26 heavy (non-hydrogen) atoms. The number of benzene rings is 2. The summed E-state index contributed by atoms with van der Waals surface area (Å²) in [6.45, 7) is -0.293. The van der Waals surface area contributed by atoms with Crippen molar-refractivity contribution in [2.45, 2.75) is 19.6 Å². The van der Waals surface area contributed by atoms with Crippen molar-refractivity contribution in [3.8, 4) is 16.9 Å². The second kappa shape index (κ2) is 7.51. The van der Waals surface area contributed by atoms with E-state index in [1.807, 2.05) is 6.07 Å². The van der Waals surface area contributed by atoms with Gasteiger partial charge in [0.05, 0.1) is 0 Å². The average molecular weight is 360 g/mol. The fourth-order valence-corrected chi connectivity index (χ4v) is 2.89. The quantitative estimate of drug-likeness (QED) is 0.912. The zero-order valence-corrected chi connectivity index (χ0v) is 14.1. The van der Waals surface area contributed by atoms with Gasteiger partial charge < -0.3 is 15.0 Å². The van der Waals surface area contributed by atoms with Crippen LogP contribution in [0.4, 0.5) is 8.78 Å². The molecular weight excluding hydrogens is 342 g/mol. The number of piperazine rings is 1. The van der Waals surface area contributed by atoms with Crippen molar-refractivity contribution in [1.29, 1.82) is 0 Å². The number of carbonyl (C=O) groups is 2. The van der Waals surface area contributed by atoms with Crippen molar-refractivity contribution in [2.75, 3.05) is 13.1 Å². The zero-order chi connectivity index (χ0) is 18.7. The third kappa shape index (κ3) is 3.82. The molecule has 0 unspecified atom stereocenters. The number of rotatable bonds is 4. The van der Waals surface area contributed by atoms with Gasteiger partial charge in [0.25, 0.3) is 5.91 Å². The number of hydrogen-bond acceptors (Lipinski definition) is 3. The predicted octanol–water partition coefficient (Wildman–Crippen LogP) is 2.92. The highest BCUT2D eigenvalue weighted by Crippen LogP contribution is 2.25. The van der Waals surface area contributed by atoms with E-state index in [0.29, 0.717) is 18.7 Å². The van der Waals surface area contributed by atoms with Crippen molar-refractivity contribution in [3.05, 3.63) is 54.1 Å². The Labute approximate surface area is 149 Å². The minimum absolute atomic E-state index is 0.0733. The minimum atomic E-state index is -2.87. The molecule has 7 heteroatoms. The Hall–Kier alpha value is -2.96. The third-order valence-electron chi connectivity index (χ3n) is 4.28. The van der Waals surface area contributed by atoms with E-state index in [0.717, 1.165) is 11.1 Å². The van der Waals surface area contributed by atoms with Crippen molar-refractivity contribution < 1.29 is 23.1 Å². The summed E-state index contributed by atoms with van der Waals surface area (Å²) in [6.07, 6.45) is 0. The molecule has 2 amide bonds. The lowest BCUT2D eigenvalue weighted by Gasteiger charge is -2.32. The van der Waals surface area contributed by atoms with Crippen LogP contribution in [0.3, 0.4) is 0 Å². The van der Waals surface area contributed by atoms with Gasteiger partial charge in [-0.15, -0.1) is 0 Å². The number of ether oxygens (including phenoxy) is 1. The van der Waals surface area contributed by atoms with Crippen molar-refractivity contribution in [1.82, 2.24) is 10.2 Å². The first kappa shape index (κ1) is 17.8. The van der Waals surface area contributed by atoms with Gasteiger partial charge in [-0.3, -0.25) is 9.59 Å². The lowest BCUT2D eigenvalue weighted by Crippen LogP contribution is -2.55. The van der Waals surface area contributed by atoms with Crippen LogP contribution in [-0.2, 0) is 4.79 Å². The maximum Gasteiger partial charge on any atom is 0.387 e. The smallest absolute Gasteiger partial charge is 0.387 e. The van der Waals surface area contributed by atoms with Crippen LogP contribution in [0.1, 0.15) is 17.3 Å². The lowest BCUT2D eigenvalue weighted by molar-refractivity contribution is -0.127. The fourth-order valence-electron chi connectivity index (χ4n) is 2.89. The Morgan fingerprint density at radius 1 is 1.19 bits per heavy atom. The monoisotopic (exact) mass is 360 g/mol. The molecule has 5 nitrogen and oxygen atoms in total. The predicted molar refractivity (Wildman–Crippen MR) is 92.0 cm³/mol. The summed E-state index contributed by atoms with van der Waals surface area (Å²) in [5.41, 5.74) is 2.01. The summed E-state index contributed by atoms with van der Waals surface area (Å²) in [5.74, 6) is -0.314. The number of alkyl halides is 2. The summed E-state index contributed by atoms with van der Waals surface area (Å²) in [5, 5.41) is 2.73. The Bertz CT molecular complexity index is 809. The van der Waals surface area contributed by atoms with E-state index in [-0.39, 0.29) is 17.6 Å². The van der Waals surface area contributed by atoms with Crippen LogP contribution in [0.2, 0.25) is 0 Å². The molecule has 1 atom stereocenters. The second-order valence-corrected chi connectivity index (χ2v) is 5.95. The van der Waals surface area contributed by atoms with E-state index in [2.05, 4.69) is 10.1 Å². The van der Waals surface area contributed by atoms with Crippen LogP contribution in [0, 0.1) is 0 Å². The molecule has 0 bridgehead atoms. The highest BCUT2D eigenvalue weighted by Gasteiger charge is 2.29. The molecule has 1 aliphatic rings. The summed E-state index contributed by atoms with van der Waals surface area (Å²) >= 11 is 0. The first-order valence-corrected chi connectivity index (χ1v) is 8.19. The molecule has 0 radical (unpaired) electrons. The highest BCUT2D eigenvalue weighted by atomic mass is 19.3. The molecule has 3 rings (SSSR count). The number of carbonyl (C=O) groups excluding carboxylic acids is 2.